The van der Waals surface area contributed by atoms with Gasteiger partial charge in [0.05, 0.1) is 0 Å². The van der Waals surface area contributed by atoms with Crippen molar-refractivity contribution in [1.82, 2.24) is 0 Å². The first kappa shape index (κ1) is 23.8. The molecular formula is C20H32O6. The zero-order valence-corrected chi connectivity index (χ0v) is 15.4. The third-order valence-electron chi connectivity index (χ3n) is 3.86. The van der Waals surface area contributed by atoms with Gasteiger partial charge in [-0.15, -0.1) is 0 Å². The molecule has 0 aliphatic carbocycles. The van der Waals surface area contributed by atoms with Crippen LogP contribution in [-0.2, 0) is 9.59 Å². The van der Waals surface area contributed by atoms with Crippen molar-refractivity contribution in [1.29, 1.82) is 0 Å². The summed E-state index contributed by atoms with van der Waals surface area (Å²) in [4.78, 5) is 20.5. The first-order valence-corrected chi connectivity index (χ1v) is 9.33. The van der Waals surface area contributed by atoms with Crippen molar-refractivity contribution in [2.24, 2.45) is 0 Å². The summed E-state index contributed by atoms with van der Waals surface area (Å²) in [5, 5.41) is 34.2. The maximum absolute atomic E-state index is 10.3. The number of phenolic OH excluding ortho intramolecular Hbond substituents is 2. The highest BCUT2D eigenvalue weighted by atomic mass is 16.4. The Bertz CT molecular complexity index is 460. The minimum atomic E-state index is -0.698. The van der Waals surface area contributed by atoms with Crippen molar-refractivity contribution >= 4 is 11.9 Å². The summed E-state index contributed by atoms with van der Waals surface area (Å²) in [7, 11) is 0. The Hall–Kier alpha value is -2.24. The molecule has 0 unspecified atom stereocenters. The summed E-state index contributed by atoms with van der Waals surface area (Å²) in [5.41, 5.74) is 0. The van der Waals surface area contributed by atoms with E-state index in [-0.39, 0.29) is 11.5 Å². The fourth-order valence-corrected chi connectivity index (χ4v) is 2.46. The summed E-state index contributed by atoms with van der Waals surface area (Å²) in [6, 6.07) is 5.85. The summed E-state index contributed by atoms with van der Waals surface area (Å²) in [6.07, 6.45) is 11.3. The number of aromatic hydroxyl groups is 2. The summed E-state index contributed by atoms with van der Waals surface area (Å²) < 4.78 is 0. The number of carboxylic acid groups (broad SMARTS) is 2. The smallest absolute Gasteiger partial charge is 0.303 e. The number of hydrogen-bond donors (Lipinski definition) is 4. The van der Waals surface area contributed by atoms with Crippen LogP contribution >= 0.6 is 0 Å². The Morgan fingerprint density at radius 1 is 0.615 bits per heavy atom. The van der Waals surface area contributed by atoms with Crippen LogP contribution in [0, 0.1) is 0 Å². The quantitative estimate of drug-likeness (QED) is 0.367. The van der Waals surface area contributed by atoms with Crippen LogP contribution < -0.4 is 0 Å². The highest BCUT2D eigenvalue weighted by molar-refractivity contribution is 5.66. The SMILES string of the molecule is O=C(O)CCCCCCCCCCCCC(=O)O.Oc1cccc(O)c1. The van der Waals surface area contributed by atoms with E-state index < -0.39 is 11.9 Å². The number of rotatable bonds is 13. The van der Waals surface area contributed by atoms with Gasteiger partial charge in [0.15, 0.2) is 0 Å². The lowest BCUT2D eigenvalue weighted by Gasteiger charge is -2.01. The van der Waals surface area contributed by atoms with Gasteiger partial charge in [0, 0.05) is 18.9 Å². The van der Waals surface area contributed by atoms with Crippen molar-refractivity contribution in [2.45, 2.75) is 77.0 Å². The molecule has 0 bridgehead atoms. The zero-order chi connectivity index (χ0) is 19.6. The minimum Gasteiger partial charge on any atom is -0.508 e. The van der Waals surface area contributed by atoms with Crippen molar-refractivity contribution in [3.63, 3.8) is 0 Å². The van der Waals surface area contributed by atoms with Gasteiger partial charge in [-0.3, -0.25) is 9.59 Å². The molecule has 0 heterocycles. The lowest BCUT2D eigenvalue weighted by molar-refractivity contribution is -0.138. The monoisotopic (exact) mass is 368 g/mol. The second-order valence-electron chi connectivity index (χ2n) is 6.34. The van der Waals surface area contributed by atoms with Gasteiger partial charge >= 0.3 is 11.9 Å². The highest BCUT2D eigenvalue weighted by Gasteiger charge is 1.98. The normalized spacial score (nSPS) is 10.0. The lowest BCUT2D eigenvalue weighted by Crippen LogP contribution is -1.93. The van der Waals surface area contributed by atoms with Gasteiger partial charge in [-0.2, -0.15) is 0 Å². The van der Waals surface area contributed by atoms with Crippen LogP contribution in [0.1, 0.15) is 77.0 Å². The molecule has 0 saturated carbocycles. The van der Waals surface area contributed by atoms with Gasteiger partial charge < -0.3 is 20.4 Å². The average Bonchev–Trinajstić information content (AvgIpc) is 2.55. The molecule has 0 aliphatic heterocycles. The van der Waals surface area contributed by atoms with Crippen LogP contribution in [0.15, 0.2) is 24.3 Å². The van der Waals surface area contributed by atoms with E-state index in [4.69, 9.17) is 20.4 Å². The van der Waals surface area contributed by atoms with Gasteiger partial charge in [0.2, 0.25) is 0 Å². The third kappa shape index (κ3) is 18.1. The topological polar surface area (TPSA) is 115 Å². The predicted octanol–water partition coefficient (Wildman–Crippen LogP) is 4.93. The predicted molar refractivity (Wildman–Crippen MR) is 100 cm³/mol. The Morgan fingerprint density at radius 3 is 1.15 bits per heavy atom. The molecule has 0 aliphatic rings. The molecule has 1 aromatic rings. The number of aliphatic carboxylic acids is 2. The van der Waals surface area contributed by atoms with Gasteiger partial charge in [-0.25, -0.2) is 0 Å². The molecule has 26 heavy (non-hydrogen) atoms. The third-order valence-corrected chi connectivity index (χ3v) is 3.86. The number of benzene rings is 1. The Labute approximate surface area is 155 Å². The lowest BCUT2D eigenvalue weighted by atomic mass is 10.1. The molecule has 0 atom stereocenters. The second kappa shape index (κ2) is 16.2. The van der Waals surface area contributed by atoms with E-state index >= 15 is 0 Å². The standard InChI is InChI=1S/C14H26O4.C6H6O2/c15-13(16)11-9-7-5-3-1-2-4-6-8-10-12-14(17)18;7-5-2-1-3-6(8)4-5/h1-12H2,(H,15,16)(H,17,18);1-4,7-8H. The van der Waals surface area contributed by atoms with E-state index in [1.807, 2.05) is 0 Å². The van der Waals surface area contributed by atoms with Crippen molar-refractivity contribution in [3.8, 4) is 11.5 Å². The number of carbonyl (C=O) groups is 2. The van der Waals surface area contributed by atoms with E-state index in [0.29, 0.717) is 12.8 Å². The number of unbranched alkanes of at least 4 members (excludes halogenated alkanes) is 9. The van der Waals surface area contributed by atoms with Crippen LogP contribution in [-0.4, -0.2) is 32.4 Å². The van der Waals surface area contributed by atoms with Crippen LogP contribution in [0.4, 0.5) is 0 Å². The second-order valence-corrected chi connectivity index (χ2v) is 6.34. The molecule has 0 fully saturated rings. The van der Waals surface area contributed by atoms with Crippen LogP contribution in [0.5, 0.6) is 11.5 Å². The Balaban J connectivity index is 0.000000642. The van der Waals surface area contributed by atoms with Crippen LogP contribution in [0.3, 0.4) is 0 Å². The Morgan fingerprint density at radius 2 is 0.923 bits per heavy atom. The molecule has 0 spiro atoms. The first-order chi connectivity index (χ1) is 12.4. The zero-order valence-electron chi connectivity index (χ0n) is 15.4. The highest BCUT2D eigenvalue weighted by Crippen LogP contribution is 2.15. The van der Waals surface area contributed by atoms with E-state index in [1.165, 1.54) is 43.9 Å². The molecule has 0 saturated heterocycles. The van der Waals surface area contributed by atoms with E-state index in [2.05, 4.69) is 0 Å². The van der Waals surface area contributed by atoms with E-state index in [9.17, 15) is 9.59 Å². The molecule has 6 nitrogen and oxygen atoms in total. The van der Waals surface area contributed by atoms with Crippen molar-refractivity contribution in [2.75, 3.05) is 0 Å². The molecule has 6 heteroatoms. The van der Waals surface area contributed by atoms with Gasteiger partial charge in [-0.05, 0) is 25.0 Å². The molecular weight excluding hydrogens is 336 g/mol. The van der Waals surface area contributed by atoms with Crippen LogP contribution in [0.2, 0.25) is 0 Å². The number of hydrogen-bond acceptors (Lipinski definition) is 4. The van der Waals surface area contributed by atoms with Crippen LogP contribution in [0.25, 0.3) is 0 Å². The molecule has 1 aromatic carbocycles. The van der Waals surface area contributed by atoms with E-state index in [1.54, 1.807) is 6.07 Å². The summed E-state index contributed by atoms with van der Waals surface area (Å²) in [5.74, 6) is -1.22. The molecule has 1 rings (SSSR count). The molecule has 4 N–H and O–H groups in total. The summed E-state index contributed by atoms with van der Waals surface area (Å²) >= 11 is 0. The summed E-state index contributed by atoms with van der Waals surface area (Å²) in [6.45, 7) is 0. The van der Waals surface area contributed by atoms with Crippen molar-refractivity contribution in [3.05, 3.63) is 24.3 Å². The largest absolute Gasteiger partial charge is 0.508 e. The van der Waals surface area contributed by atoms with Gasteiger partial charge in [0.1, 0.15) is 11.5 Å². The van der Waals surface area contributed by atoms with Gasteiger partial charge in [0.25, 0.3) is 0 Å². The maximum Gasteiger partial charge on any atom is 0.303 e. The van der Waals surface area contributed by atoms with E-state index in [0.717, 1.165) is 38.5 Å². The number of carboxylic acids is 2. The molecule has 0 radical (unpaired) electrons. The minimum absolute atomic E-state index is 0.0880. The fraction of sp³-hybridized carbons (Fsp3) is 0.600. The molecule has 0 aromatic heterocycles. The average molecular weight is 368 g/mol. The first-order valence-electron chi connectivity index (χ1n) is 9.33. The Kier molecular flexibility index (Phi) is 14.8. The van der Waals surface area contributed by atoms with Gasteiger partial charge in [-0.1, -0.05) is 57.4 Å². The molecule has 148 valence electrons. The fourth-order valence-electron chi connectivity index (χ4n) is 2.46. The number of phenols is 2. The van der Waals surface area contributed by atoms with Crippen molar-refractivity contribution < 1.29 is 30.0 Å². The molecule has 0 amide bonds. The maximum atomic E-state index is 10.3.